The van der Waals surface area contributed by atoms with Gasteiger partial charge in [-0.25, -0.2) is 0 Å². The molecule has 0 aromatic carbocycles. The molecule has 1 fully saturated rings. The summed E-state index contributed by atoms with van der Waals surface area (Å²) >= 11 is 1.99. The lowest BCUT2D eigenvalue weighted by atomic mass is 10.1. The van der Waals surface area contributed by atoms with Crippen LogP contribution in [0.25, 0.3) is 0 Å². The van der Waals surface area contributed by atoms with Crippen molar-refractivity contribution in [2.75, 3.05) is 5.75 Å². The highest BCUT2D eigenvalue weighted by Crippen LogP contribution is 2.35. The lowest BCUT2D eigenvalue weighted by Gasteiger charge is -2.12. The number of rotatable bonds is 3. The zero-order valence-corrected chi connectivity index (χ0v) is 8.19. The summed E-state index contributed by atoms with van der Waals surface area (Å²) in [6, 6.07) is 0. The monoisotopic (exact) mass is 185 g/mol. The summed E-state index contributed by atoms with van der Waals surface area (Å²) in [5, 5.41) is 0.608. The van der Waals surface area contributed by atoms with E-state index in [0.717, 1.165) is 5.75 Å². The molecule has 2 nitrogen and oxygen atoms in total. The van der Waals surface area contributed by atoms with Crippen LogP contribution in [0.3, 0.4) is 0 Å². The average Bonchev–Trinajstić information content (AvgIpc) is 2.62. The van der Waals surface area contributed by atoms with Crippen molar-refractivity contribution in [1.82, 2.24) is 5.48 Å². The van der Waals surface area contributed by atoms with Gasteiger partial charge in [-0.15, -0.1) is 11.8 Å². The largest absolute Gasteiger partial charge is 0.272 e. The van der Waals surface area contributed by atoms with E-state index >= 15 is 0 Å². The molecule has 2 heterocycles. The topological polar surface area (TPSA) is 21.3 Å². The van der Waals surface area contributed by atoms with Crippen molar-refractivity contribution < 1.29 is 4.84 Å². The number of thioether (sulfide) groups is 1. The molecular formula is C9H15NOS. The van der Waals surface area contributed by atoms with Crippen LogP contribution in [-0.2, 0) is 4.84 Å². The van der Waals surface area contributed by atoms with Gasteiger partial charge < -0.3 is 0 Å². The standard InChI is InChI=1S/C9H15NOS/c1-2-3-4-8-9-7(10-11-8)5-6-12-9/h5,8-10H,2-4,6H2,1H3/t8-,9-/m1/s1. The average molecular weight is 185 g/mol. The van der Waals surface area contributed by atoms with E-state index < -0.39 is 0 Å². The van der Waals surface area contributed by atoms with Crippen LogP contribution in [0.5, 0.6) is 0 Å². The Labute approximate surface area is 77.7 Å². The van der Waals surface area contributed by atoms with Crippen LogP contribution in [0, 0.1) is 0 Å². The fraction of sp³-hybridized carbons (Fsp3) is 0.778. The molecule has 0 amide bonds. The normalized spacial score (nSPS) is 32.9. The van der Waals surface area contributed by atoms with Crippen LogP contribution in [0.15, 0.2) is 11.8 Å². The first-order valence-electron chi connectivity index (χ1n) is 4.65. The van der Waals surface area contributed by atoms with E-state index in [1.54, 1.807) is 0 Å². The molecule has 0 aromatic rings. The van der Waals surface area contributed by atoms with Gasteiger partial charge in [-0.2, -0.15) is 0 Å². The summed E-state index contributed by atoms with van der Waals surface area (Å²) in [6.45, 7) is 2.22. The molecule has 68 valence electrons. The van der Waals surface area contributed by atoms with Gasteiger partial charge in [0, 0.05) is 5.75 Å². The van der Waals surface area contributed by atoms with E-state index in [4.69, 9.17) is 4.84 Å². The van der Waals surface area contributed by atoms with Crippen molar-refractivity contribution in [2.24, 2.45) is 0 Å². The molecule has 0 aliphatic carbocycles. The van der Waals surface area contributed by atoms with Crippen molar-refractivity contribution in [2.45, 2.75) is 37.5 Å². The molecule has 1 saturated heterocycles. The highest BCUT2D eigenvalue weighted by Gasteiger charge is 2.35. The van der Waals surface area contributed by atoms with Gasteiger partial charge in [0.25, 0.3) is 0 Å². The zero-order chi connectivity index (χ0) is 8.39. The summed E-state index contributed by atoms with van der Waals surface area (Å²) in [6.07, 6.45) is 6.39. The molecular weight excluding hydrogens is 170 g/mol. The molecule has 0 spiro atoms. The van der Waals surface area contributed by atoms with Gasteiger partial charge in [0.15, 0.2) is 0 Å². The maximum Gasteiger partial charge on any atom is 0.103 e. The van der Waals surface area contributed by atoms with Crippen LogP contribution >= 0.6 is 11.8 Å². The maximum absolute atomic E-state index is 5.48. The molecule has 0 bridgehead atoms. The molecule has 0 saturated carbocycles. The molecule has 2 aliphatic heterocycles. The van der Waals surface area contributed by atoms with Crippen LogP contribution in [0.4, 0.5) is 0 Å². The summed E-state index contributed by atoms with van der Waals surface area (Å²) in [5.74, 6) is 1.15. The van der Waals surface area contributed by atoms with Crippen molar-refractivity contribution in [3.05, 3.63) is 11.8 Å². The molecule has 1 N–H and O–H groups in total. The minimum atomic E-state index is 0.420. The number of hydrogen-bond donors (Lipinski definition) is 1. The second-order valence-corrected chi connectivity index (χ2v) is 4.49. The highest BCUT2D eigenvalue weighted by atomic mass is 32.2. The maximum atomic E-state index is 5.48. The predicted octanol–water partition coefficient (Wildman–Crippen LogP) is 2.08. The molecule has 0 radical (unpaired) electrons. The van der Waals surface area contributed by atoms with Crippen molar-refractivity contribution in [3.63, 3.8) is 0 Å². The van der Waals surface area contributed by atoms with Gasteiger partial charge in [0.1, 0.15) is 6.10 Å². The van der Waals surface area contributed by atoms with E-state index in [-0.39, 0.29) is 0 Å². The Morgan fingerprint density at radius 1 is 1.75 bits per heavy atom. The third-order valence-electron chi connectivity index (χ3n) is 2.39. The van der Waals surface area contributed by atoms with E-state index in [2.05, 4.69) is 18.5 Å². The van der Waals surface area contributed by atoms with Crippen LogP contribution in [-0.4, -0.2) is 17.1 Å². The number of unbranched alkanes of at least 4 members (excludes halogenated alkanes) is 1. The molecule has 2 aliphatic rings. The fourth-order valence-electron chi connectivity index (χ4n) is 1.68. The zero-order valence-electron chi connectivity index (χ0n) is 7.38. The second kappa shape index (κ2) is 3.71. The first-order valence-corrected chi connectivity index (χ1v) is 5.70. The van der Waals surface area contributed by atoms with Gasteiger partial charge in [-0.1, -0.05) is 25.8 Å². The smallest absolute Gasteiger partial charge is 0.103 e. The van der Waals surface area contributed by atoms with Gasteiger partial charge in [0.2, 0.25) is 0 Å². The SMILES string of the molecule is CCCC[C@H]1ONC2=CCS[C@H]21. The quantitative estimate of drug-likeness (QED) is 0.727. The third-order valence-corrected chi connectivity index (χ3v) is 3.67. The Bertz CT molecular complexity index is 193. The van der Waals surface area contributed by atoms with E-state index in [0.29, 0.717) is 11.4 Å². The van der Waals surface area contributed by atoms with Gasteiger partial charge in [0.05, 0.1) is 10.9 Å². The van der Waals surface area contributed by atoms with Crippen LogP contribution < -0.4 is 5.48 Å². The molecule has 12 heavy (non-hydrogen) atoms. The minimum Gasteiger partial charge on any atom is -0.272 e. The lowest BCUT2D eigenvalue weighted by Crippen LogP contribution is -2.17. The summed E-state index contributed by atoms with van der Waals surface area (Å²) in [4.78, 5) is 5.48. The summed E-state index contributed by atoms with van der Waals surface area (Å²) in [5.41, 5.74) is 4.32. The summed E-state index contributed by atoms with van der Waals surface area (Å²) in [7, 11) is 0. The number of hydrogen-bond acceptors (Lipinski definition) is 3. The van der Waals surface area contributed by atoms with Crippen LogP contribution in [0.1, 0.15) is 26.2 Å². The van der Waals surface area contributed by atoms with Gasteiger partial charge in [-0.05, 0) is 6.42 Å². The second-order valence-electron chi connectivity index (χ2n) is 3.31. The van der Waals surface area contributed by atoms with Crippen molar-refractivity contribution in [3.8, 4) is 0 Å². The van der Waals surface area contributed by atoms with Gasteiger partial charge in [-0.3, -0.25) is 10.3 Å². The van der Waals surface area contributed by atoms with E-state index in [1.165, 1.54) is 25.0 Å². The Morgan fingerprint density at radius 2 is 2.67 bits per heavy atom. The molecule has 3 heteroatoms. The fourth-order valence-corrected chi connectivity index (χ4v) is 2.89. The molecule has 2 rings (SSSR count). The first-order chi connectivity index (χ1) is 5.92. The van der Waals surface area contributed by atoms with E-state index in [9.17, 15) is 0 Å². The number of fused-ring (bicyclic) bond motifs is 1. The Kier molecular flexibility index (Phi) is 2.61. The van der Waals surface area contributed by atoms with E-state index in [1.807, 2.05) is 11.8 Å². The van der Waals surface area contributed by atoms with Crippen molar-refractivity contribution >= 4 is 11.8 Å². The minimum absolute atomic E-state index is 0.420. The Balaban J connectivity index is 1.88. The van der Waals surface area contributed by atoms with Crippen molar-refractivity contribution in [1.29, 1.82) is 0 Å². The van der Waals surface area contributed by atoms with Crippen LogP contribution in [0.2, 0.25) is 0 Å². The summed E-state index contributed by atoms with van der Waals surface area (Å²) < 4.78 is 0. The number of hydroxylamine groups is 1. The predicted molar refractivity (Wildman–Crippen MR) is 51.9 cm³/mol. The third kappa shape index (κ3) is 1.48. The lowest BCUT2D eigenvalue weighted by molar-refractivity contribution is 0.0349. The number of nitrogens with one attached hydrogen (secondary N) is 1. The molecule has 0 aromatic heterocycles. The molecule has 0 unspecified atom stereocenters. The highest BCUT2D eigenvalue weighted by molar-refractivity contribution is 8.00. The van der Waals surface area contributed by atoms with Gasteiger partial charge >= 0.3 is 0 Å². The first kappa shape index (κ1) is 8.45. The Hall–Kier alpha value is -0.150. The molecule has 2 atom stereocenters. The Morgan fingerprint density at radius 3 is 3.50 bits per heavy atom.